The van der Waals surface area contributed by atoms with Crippen molar-refractivity contribution in [3.05, 3.63) is 35.7 Å². The fraction of sp³-hybridized carbons (Fsp3) is 0.214. The molecule has 0 fully saturated rings. The Kier molecular flexibility index (Phi) is 4.12. The van der Waals surface area contributed by atoms with E-state index in [1.807, 2.05) is 0 Å². The second-order valence-electron chi connectivity index (χ2n) is 5.18. The van der Waals surface area contributed by atoms with Gasteiger partial charge < -0.3 is 10.6 Å². The predicted molar refractivity (Wildman–Crippen MR) is 81.0 cm³/mol. The number of halogens is 6. The molecule has 2 heterocycles. The predicted octanol–water partition coefficient (Wildman–Crippen LogP) is 4.18. The van der Waals surface area contributed by atoms with E-state index in [0.29, 0.717) is 11.7 Å². The van der Waals surface area contributed by atoms with E-state index in [0.717, 1.165) is 12.1 Å². The van der Waals surface area contributed by atoms with Crippen molar-refractivity contribution in [2.45, 2.75) is 12.4 Å². The van der Waals surface area contributed by atoms with Gasteiger partial charge in [0.05, 0.1) is 23.0 Å². The quantitative estimate of drug-likeness (QED) is 0.598. The van der Waals surface area contributed by atoms with Crippen molar-refractivity contribution in [1.82, 2.24) is 20.2 Å². The lowest BCUT2D eigenvalue weighted by Crippen LogP contribution is -2.14. The normalized spacial score (nSPS) is 12.4. The Morgan fingerprint density at radius 1 is 0.962 bits per heavy atom. The van der Waals surface area contributed by atoms with Gasteiger partial charge in [-0.1, -0.05) is 0 Å². The van der Waals surface area contributed by atoms with Gasteiger partial charge >= 0.3 is 12.4 Å². The monoisotopic (exact) mass is 376 g/mol. The highest BCUT2D eigenvalue weighted by Crippen LogP contribution is 2.38. The van der Waals surface area contributed by atoms with Crippen molar-refractivity contribution >= 4 is 28.4 Å². The average Bonchev–Trinajstić information content (AvgIpc) is 2.99. The molecule has 1 aromatic carbocycles. The van der Waals surface area contributed by atoms with Gasteiger partial charge in [0.1, 0.15) is 11.4 Å². The molecular formula is C14H10F6N6. The maximum atomic E-state index is 13.3. The molecule has 138 valence electrons. The molecule has 0 spiro atoms. The van der Waals surface area contributed by atoms with Crippen LogP contribution in [0, 0.1) is 0 Å². The lowest BCUT2D eigenvalue weighted by molar-refractivity contribution is -0.137. The van der Waals surface area contributed by atoms with E-state index in [4.69, 9.17) is 0 Å². The molecule has 12 heteroatoms. The zero-order valence-electron chi connectivity index (χ0n) is 12.9. The van der Waals surface area contributed by atoms with Crippen molar-refractivity contribution in [2.24, 2.45) is 0 Å². The first-order valence-electron chi connectivity index (χ1n) is 7.03. The van der Waals surface area contributed by atoms with Gasteiger partial charge in [-0.3, -0.25) is 5.10 Å². The number of aromatic amines is 1. The molecule has 0 saturated carbocycles. The van der Waals surface area contributed by atoms with Crippen molar-refractivity contribution in [3.8, 4) is 0 Å². The number of H-pyrrole nitrogens is 1. The van der Waals surface area contributed by atoms with Gasteiger partial charge in [0.2, 0.25) is 5.95 Å². The molecule has 0 aliphatic heterocycles. The highest BCUT2D eigenvalue weighted by molar-refractivity contribution is 5.84. The summed E-state index contributed by atoms with van der Waals surface area (Å²) in [4.78, 5) is 7.06. The lowest BCUT2D eigenvalue weighted by Gasteiger charge is -2.16. The van der Waals surface area contributed by atoms with Gasteiger partial charge in [0, 0.05) is 18.6 Å². The van der Waals surface area contributed by atoms with Crippen LogP contribution in [0.1, 0.15) is 11.1 Å². The second-order valence-corrected chi connectivity index (χ2v) is 5.18. The van der Waals surface area contributed by atoms with Crippen LogP contribution in [0.15, 0.2) is 24.5 Å². The summed E-state index contributed by atoms with van der Waals surface area (Å²) in [5.41, 5.74) is -2.27. The van der Waals surface area contributed by atoms with Crippen LogP contribution in [0.4, 0.5) is 43.8 Å². The molecule has 0 saturated heterocycles. The molecule has 3 rings (SSSR count). The number of anilines is 3. The fourth-order valence-corrected chi connectivity index (χ4v) is 2.29. The van der Waals surface area contributed by atoms with Crippen molar-refractivity contribution in [2.75, 3.05) is 17.7 Å². The topological polar surface area (TPSA) is 78.5 Å². The Bertz CT molecular complexity index is 945. The number of nitrogens with one attached hydrogen (secondary N) is 3. The molecule has 6 nitrogen and oxygen atoms in total. The number of alkyl halides is 6. The van der Waals surface area contributed by atoms with Gasteiger partial charge in [0.25, 0.3) is 0 Å². The Balaban J connectivity index is 2.06. The summed E-state index contributed by atoms with van der Waals surface area (Å²) in [5, 5.41) is 11.0. The van der Waals surface area contributed by atoms with E-state index < -0.39 is 40.9 Å². The van der Waals surface area contributed by atoms with E-state index in [2.05, 4.69) is 30.8 Å². The first-order chi connectivity index (χ1) is 12.1. The van der Waals surface area contributed by atoms with Crippen molar-refractivity contribution in [3.63, 3.8) is 0 Å². The average molecular weight is 376 g/mol. The minimum atomic E-state index is -4.71. The van der Waals surface area contributed by atoms with E-state index in [1.54, 1.807) is 0 Å². The Morgan fingerprint density at radius 3 is 2.27 bits per heavy atom. The van der Waals surface area contributed by atoms with Gasteiger partial charge in [0.15, 0.2) is 0 Å². The van der Waals surface area contributed by atoms with E-state index in [9.17, 15) is 26.3 Å². The first kappa shape index (κ1) is 17.8. The van der Waals surface area contributed by atoms with Crippen LogP contribution >= 0.6 is 0 Å². The summed E-state index contributed by atoms with van der Waals surface area (Å²) >= 11 is 0. The largest absolute Gasteiger partial charge is 0.421 e. The molecule has 2 aromatic heterocycles. The van der Waals surface area contributed by atoms with Gasteiger partial charge in [-0.2, -0.15) is 36.4 Å². The minimum Gasteiger partial charge on any atom is -0.372 e. The van der Waals surface area contributed by atoms with Crippen LogP contribution in [-0.2, 0) is 12.4 Å². The Morgan fingerprint density at radius 2 is 1.65 bits per heavy atom. The summed E-state index contributed by atoms with van der Waals surface area (Å²) in [6.07, 6.45) is -7.69. The smallest absolute Gasteiger partial charge is 0.372 e. The molecule has 0 bridgehead atoms. The number of fused-ring (bicyclic) bond motifs is 1. The SMILES string of the molecule is CNc1nc(Nc2cc3[nH]ncc3cc2C(F)(F)F)ncc1C(F)(F)F. The zero-order chi connectivity index (χ0) is 19.1. The summed E-state index contributed by atoms with van der Waals surface area (Å²) in [5.74, 6) is -0.988. The number of nitrogens with zero attached hydrogens (tertiary/aromatic N) is 3. The van der Waals surface area contributed by atoms with Crippen molar-refractivity contribution in [1.29, 1.82) is 0 Å². The van der Waals surface area contributed by atoms with Crippen LogP contribution < -0.4 is 10.6 Å². The number of hydrogen-bond donors (Lipinski definition) is 3. The number of hydrogen-bond acceptors (Lipinski definition) is 5. The molecular weight excluding hydrogens is 366 g/mol. The molecule has 0 aliphatic carbocycles. The Hall–Kier alpha value is -3.05. The summed E-state index contributed by atoms with van der Waals surface area (Å²) in [6.45, 7) is 0. The first-order valence-corrected chi connectivity index (χ1v) is 7.03. The summed E-state index contributed by atoms with van der Waals surface area (Å²) in [7, 11) is 1.21. The molecule has 3 aromatic rings. The zero-order valence-corrected chi connectivity index (χ0v) is 12.9. The maximum absolute atomic E-state index is 13.3. The minimum absolute atomic E-state index is 0.229. The van der Waals surface area contributed by atoms with Gasteiger partial charge in [-0.25, -0.2) is 4.98 Å². The second kappa shape index (κ2) is 6.04. The molecule has 0 atom stereocenters. The van der Waals surface area contributed by atoms with Gasteiger partial charge in [-0.15, -0.1) is 0 Å². The number of benzene rings is 1. The van der Waals surface area contributed by atoms with Crippen LogP contribution in [0.25, 0.3) is 10.9 Å². The molecule has 3 N–H and O–H groups in total. The summed E-state index contributed by atoms with van der Waals surface area (Å²) in [6, 6.07) is 2.00. The molecule has 0 aliphatic rings. The highest BCUT2D eigenvalue weighted by Gasteiger charge is 2.36. The fourth-order valence-electron chi connectivity index (χ4n) is 2.29. The lowest BCUT2D eigenvalue weighted by atomic mass is 10.1. The third-order valence-corrected chi connectivity index (χ3v) is 3.46. The van der Waals surface area contributed by atoms with Crippen LogP contribution in [-0.4, -0.2) is 27.2 Å². The third-order valence-electron chi connectivity index (χ3n) is 3.46. The molecule has 0 unspecified atom stereocenters. The van der Waals surface area contributed by atoms with Crippen LogP contribution in [0.2, 0.25) is 0 Å². The van der Waals surface area contributed by atoms with E-state index >= 15 is 0 Å². The standard InChI is InChI=1S/C14H10F6N6/c1-21-11-8(14(18,19)20)5-22-12(25-11)24-10-3-9-6(4-23-26-9)2-7(10)13(15,16)17/h2-5H,1H3,(H,23,26)(H2,21,22,24,25). The number of aromatic nitrogens is 4. The van der Waals surface area contributed by atoms with Gasteiger partial charge in [-0.05, 0) is 12.1 Å². The van der Waals surface area contributed by atoms with Crippen molar-refractivity contribution < 1.29 is 26.3 Å². The van der Waals surface area contributed by atoms with Crippen LogP contribution in [0.5, 0.6) is 0 Å². The maximum Gasteiger partial charge on any atom is 0.421 e. The Labute approximate surface area is 141 Å². The number of rotatable bonds is 3. The molecule has 26 heavy (non-hydrogen) atoms. The highest BCUT2D eigenvalue weighted by atomic mass is 19.4. The third kappa shape index (κ3) is 3.34. The van der Waals surface area contributed by atoms with E-state index in [-0.39, 0.29) is 5.39 Å². The molecule has 0 amide bonds. The van der Waals surface area contributed by atoms with E-state index in [1.165, 1.54) is 13.2 Å². The molecule has 0 radical (unpaired) electrons. The van der Waals surface area contributed by atoms with Crippen LogP contribution in [0.3, 0.4) is 0 Å². The summed E-state index contributed by atoms with van der Waals surface area (Å²) < 4.78 is 78.4.